The molecule has 1 unspecified atom stereocenters. The van der Waals surface area contributed by atoms with Gasteiger partial charge in [0.2, 0.25) is 0 Å². The van der Waals surface area contributed by atoms with Gasteiger partial charge in [-0.05, 0) is 74.2 Å². The summed E-state index contributed by atoms with van der Waals surface area (Å²) in [5, 5.41) is 10.2. The van der Waals surface area contributed by atoms with Crippen LogP contribution < -0.4 is 0 Å². The summed E-state index contributed by atoms with van der Waals surface area (Å²) in [7, 11) is -0.904. The van der Waals surface area contributed by atoms with Gasteiger partial charge in [0, 0.05) is 17.7 Å². The molecule has 3 saturated carbocycles. The standard InChI is InChI=1S/C23H34ClNO3Si/c1-21-8-5-17(26)13-16(21)3-4-18-19(21)6-9-22(2)20(18)7-10-23(22,14-25)28-29-15-27-12-11-24/h13,18-20H,3-12,15,29H2,1-2H3/t18-,19-,20+,21+,22+,23?/m1/s1. The van der Waals surface area contributed by atoms with Gasteiger partial charge in [-0.25, -0.2) is 0 Å². The van der Waals surface area contributed by atoms with Gasteiger partial charge < -0.3 is 9.16 Å². The van der Waals surface area contributed by atoms with Crippen molar-refractivity contribution < 1.29 is 14.0 Å². The smallest absolute Gasteiger partial charge is 0.189 e. The Hall–Kier alpha value is -0.673. The highest BCUT2D eigenvalue weighted by molar-refractivity contribution is 6.27. The Morgan fingerprint density at radius 3 is 2.76 bits per heavy atom. The number of nitriles is 1. The topological polar surface area (TPSA) is 59.3 Å². The number of rotatable bonds is 6. The van der Waals surface area contributed by atoms with Crippen LogP contribution in [0.3, 0.4) is 0 Å². The van der Waals surface area contributed by atoms with Crippen molar-refractivity contribution in [3.8, 4) is 6.07 Å². The minimum absolute atomic E-state index is 0.0650. The molecule has 0 aromatic rings. The quantitative estimate of drug-likeness (QED) is 0.358. The van der Waals surface area contributed by atoms with Gasteiger partial charge in [-0.1, -0.05) is 19.4 Å². The van der Waals surface area contributed by atoms with Gasteiger partial charge in [-0.15, -0.1) is 11.6 Å². The molecule has 4 rings (SSSR count). The van der Waals surface area contributed by atoms with E-state index < -0.39 is 15.4 Å². The number of allylic oxidation sites excluding steroid dienone is 1. The molecule has 4 aliphatic carbocycles. The Balaban J connectivity index is 1.53. The molecule has 0 bridgehead atoms. The van der Waals surface area contributed by atoms with E-state index in [0.29, 0.717) is 48.7 Å². The molecule has 6 atom stereocenters. The van der Waals surface area contributed by atoms with E-state index in [1.807, 2.05) is 6.08 Å². The van der Waals surface area contributed by atoms with Gasteiger partial charge in [0.15, 0.2) is 15.5 Å². The fraction of sp³-hybridized carbons (Fsp3) is 0.826. The molecule has 0 saturated heterocycles. The summed E-state index contributed by atoms with van der Waals surface area (Å²) in [5.74, 6) is 2.66. The van der Waals surface area contributed by atoms with Crippen molar-refractivity contribution in [2.24, 2.45) is 28.6 Å². The van der Waals surface area contributed by atoms with Crippen molar-refractivity contribution in [3.05, 3.63) is 11.6 Å². The molecule has 0 spiro atoms. The lowest BCUT2D eigenvalue weighted by molar-refractivity contribution is -0.118. The van der Waals surface area contributed by atoms with Crippen LogP contribution in [0.1, 0.15) is 65.2 Å². The lowest BCUT2D eigenvalue weighted by atomic mass is 9.46. The summed E-state index contributed by atoms with van der Waals surface area (Å²) < 4.78 is 12.0. The van der Waals surface area contributed by atoms with Crippen LogP contribution in [-0.4, -0.2) is 39.9 Å². The number of alkyl halides is 1. The third-order valence-corrected chi connectivity index (χ3v) is 10.4. The van der Waals surface area contributed by atoms with Gasteiger partial charge in [0.25, 0.3) is 0 Å². The van der Waals surface area contributed by atoms with Gasteiger partial charge >= 0.3 is 0 Å². The Morgan fingerprint density at radius 2 is 2.00 bits per heavy atom. The molecule has 0 aromatic heterocycles. The zero-order valence-corrected chi connectivity index (χ0v) is 20.0. The summed E-state index contributed by atoms with van der Waals surface area (Å²) in [6.45, 7) is 5.29. The largest absolute Gasteiger partial charge is 0.404 e. The molecule has 0 aromatic carbocycles. The molecule has 4 aliphatic rings. The highest BCUT2D eigenvalue weighted by Gasteiger charge is 2.65. The van der Waals surface area contributed by atoms with Crippen LogP contribution >= 0.6 is 11.6 Å². The molecule has 6 heteroatoms. The molecule has 0 heterocycles. The average Bonchev–Trinajstić information content (AvgIpc) is 3.01. The van der Waals surface area contributed by atoms with E-state index in [4.69, 9.17) is 20.8 Å². The summed E-state index contributed by atoms with van der Waals surface area (Å²) in [6, 6.07) is 2.65. The number of halogens is 1. The maximum atomic E-state index is 12.0. The van der Waals surface area contributed by atoms with Crippen LogP contribution in [0.15, 0.2) is 11.6 Å². The lowest BCUT2D eigenvalue weighted by Gasteiger charge is -2.58. The number of ether oxygens (including phenoxy) is 1. The maximum absolute atomic E-state index is 12.0. The molecular weight excluding hydrogens is 402 g/mol. The molecular formula is C23H34ClNO3Si. The molecule has 0 N–H and O–H groups in total. The zero-order chi connectivity index (χ0) is 20.7. The van der Waals surface area contributed by atoms with Gasteiger partial charge in [0.05, 0.1) is 18.9 Å². The van der Waals surface area contributed by atoms with Crippen LogP contribution in [-0.2, 0) is 14.0 Å². The Kier molecular flexibility index (Phi) is 6.03. The van der Waals surface area contributed by atoms with Crippen molar-refractivity contribution in [2.45, 2.75) is 70.8 Å². The second kappa shape index (κ2) is 8.11. The summed E-state index contributed by atoms with van der Waals surface area (Å²) in [6.07, 6.45) is 10.7. The first-order valence-electron chi connectivity index (χ1n) is 11.3. The van der Waals surface area contributed by atoms with Crippen molar-refractivity contribution in [1.29, 1.82) is 5.26 Å². The van der Waals surface area contributed by atoms with E-state index in [-0.39, 0.29) is 10.8 Å². The third-order valence-electron chi connectivity index (χ3n) is 9.06. The van der Waals surface area contributed by atoms with Gasteiger partial charge in [0.1, 0.15) is 5.60 Å². The number of hydrogen-bond acceptors (Lipinski definition) is 4. The molecule has 4 nitrogen and oxygen atoms in total. The SMILES string of the molecule is C[C@]12CCC(=O)C=C1CC[C@@H]1[C@H]2CC[C@@]2(C)[C@H]1CCC2(C#N)O[SiH2]COCCCl. The van der Waals surface area contributed by atoms with E-state index in [9.17, 15) is 10.1 Å². The number of fused-ring (bicyclic) bond motifs is 5. The van der Waals surface area contributed by atoms with Crippen LogP contribution in [0, 0.1) is 39.9 Å². The number of ketones is 1. The molecule has 160 valence electrons. The van der Waals surface area contributed by atoms with E-state index >= 15 is 0 Å². The minimum atomic E-state index is -0.904. The fourth-order valence-corrected chi connectivity index (χ4v) is 8.84. The lowest BCUT2D eigenvalue weighted by Crippen LogP contribution is -2.55. The number of nitrogens with zero attached hydrogens (tertiary/aromatic N) is 1. The zero-order valence-electron chi connectivity index (χ0n) is 17.8. The summed E-state index contributed by atoms with van der Waals surface area (Å²) >= 11 is 5.68. The molecule has 29 heavy (non-hydrogen) atoms. The van der Waals surface area contributed by atoms with E-state index in [2.05, 4.69) is 19.9 Å². The van der Waals surface area contributed by atoms with Crippen LogP contribution in [0.4, 0.5) is 0 Å². The summed E-state index contributed by atoms with van der Waals surface area (Å²) in [4.78, 5) is 12.0. The average molecular weight is 436 g/mol. The fourth-order valence-electron chi connectivity index (χ4n) is 7.44. The third kappa shape index (κ3) is 3.35. The number of carbonyl (C=O) groups is 1. The summed E-state index contributed by atoms with van der Waals surface area (Å²) in [5.41, 5.74) is 0.882. The second-order valence-electron chi connectivity index (χ2n) is 10.1. The van der Waals surface area contributed by atoms with Crippen molar-refractivity contribution in [1.82, 2.24) is 0 Å². The predicted molar refractivity (Wildman–Crippen MR) is 116 cm³/mol. The van der Waals surface area contributed by atoms with E-state index in [0.717, 1.165) is 44.9 Å². The van der Waals surface area contributed by atoms with E-state index in [1.165, 1.54) is 5.57 Å². The highest BCUT2D eigenvalue weighted by atomic mass is 35.5. The van der Waals surface area contributed by atoms with Gasteiger partial charge in [-0.3, -0.25) is 4.79 Å². The number of hydrogen-bond donors (Lipinski definition) is 0. The second-order valence-corrected chi connectivity index (χ2v) is 11.5. The van der Waals surface area contributed by atoms with Crippen molar-refractivity contribution >= 4 is 27.1 Å². The Bertz CT molecular complexity index is 736. The molecule has 3 fully saturated rings. The first-order chi connectivity index (χ1) is 13.9. The van der Waals surface area contributed by atoms with Crippen molar-refractivity contribution in [2.75, 3.05) is 18.7 Å². The van der Waals surface area contributed by atoms with Gasteiger partial charge in [-0.2, -0.15) is 5.26 Å². The highest BCUT2D eigenvalue weighted by Crippen LogP contribution is 2.68. The first kappa shape index (κ1) is 21.6. The van der Waals surface area contributed by atoms with Crippen molar-refractivity contribution in [3.63, 3.8) is 0 Å². The Labute approximate surface area is 182 Å². The molecule has 0 aliphatic heterocycles. The van der Waals surface area contributed by atoms with E-state index in [1.54, 1.807) is 0 Å². The minimum Gasteiger partial charge on any atom is -0.404 e. The first-order valence-corrected chi connectivity index (χ1v) is 13.4. The van der Waals surface area contributed by atoms with Crippen LogP contribution in [0.2, 0.25) is 0 Å². The van der Waals surface area contributed by atoms with Crippen LogP contribution in [0.5, 0.6) is 0 Å². The monoisotopic (exact) mass is 435 g/mol. The Morgan fingerprint density at radius 1 is 1.21 bits per heavy atom. The number of carbonyl (C=O) groups excluding carboxylic acids is 1. The maximum Gasteiger partial charge on any atom is 0.189 e. The van der Waals surface area contributed by atoms with Crippen LogP contribution in [0.25, 0.3) is 0 Å². The predicted octanol–water partition coefficient (Wildman–Crippen LogP) is 4.09. The molecule has 0 radical (unpaired) electrons. The normalized spacial score (nSPS) is 44.1. The molecule has 0 amide bonds.